The van der Waals surface area contributed by atoms with Gasteiger partial charge in [-0.15, -0.1) is 0 Å². The zero-order valence-electron chi connectivity index (χ0n) is 15.8. The van der Waals surface area contributed by atoms with Gasteiger partial charge in [0, 0.05) is 25.9 Å². The van der Waals surface area contributed by atoms with Gasteiger partial charge in [0.1, 0.15) is 5.75 Å². The molecule has 3 aromatic carbocycles. The maximum atomic E-state index is 12.9. The minimum Gasteiger partial charge on any atom is -0.497 e. The van der Waals surface area contributed by atoms with Crippen LogP contribution in [0.4, 0.5) is 0 Å². The average Bonchev–Trinajstić information content (AvgIpc) is 2.73. The number of carbonyl (C=O) groups excluding carboxylic acids is 1. The summed E-state index contributed by atoms with van der Waals surface area (Å²) in [6.07, 6.45) is 0.445. The third-order valence-corrected chi connectivity index (χ3v) is 4.79. The molecule has 0 aromatic heterocycles. The molecule has 0 heterocycles. The molecule has 0 bridgehead atoms. The smallest absolute Gasteiger partial charge is 0.223 e. The molecule has 0 saturated carbocycles. The van der Waals surface area contributed by atoms with Gasteiger partial charge in [-0.2, -0.15) is 0 Å². The summed E-state index contributed by atoms with van der Waals surface area (Å²) >= 11 is 0. The van der Waals surface area contributed by atoms with Gasteiger partial charge in [0.15, 0.2) is 0 Å². The van der Waals surface area contributed by atoms with E-state index in [0.717, 1.165) is 22.4 Å². The van der Waals surface area contributed by atoms with E-state index in [2.05, 4.69) is 24.3 Å². The molecular weight excluding hydrogens is 334 g/mol. The van der Waals surface area contributed by atoms with Crippen molar-refractivity contribution in [1.29, 1.82) is 0 Å². The van der Waals surface area contributed by atoms with E-state index in [9.17, 15) is 4.79 Å². The zero-order valence-corrected chi connectivity index (χ0v) is 15.8. The maximum absolute atomic E-state index is 12.9. The SMILES string of the molecule is COc1ccc(CN(C)C(=O)CC(c2ccccc2)c2ccccc2)cc1. The van der Waals surface area contributed by atoms with Crippen LogP contribution in [0.5, 0.6) is 5.75 Å². The summed E-state index contributed by atoms with van der Waals surface area (Å²) in [7, 11) is 3.51. The van der Waals surface area contributed by atoms with E-state index in [1.54, 1.807) is 12.0 Å². The van der Waals surface area contributed by atoms with Crippen LogP contribution in [0.25, 0.3) is 0 Å². The number of benzene rings is 3. The first-order valence-corrected chi connectivity index (χ1v) is 9.14. The molecule has 0 aliphatic heterocycles. The van der Waals surface area contributed by atoms with Crippen molar-refractivity contribution in [2.75, 3.05) is 14.2 Å². The summed E-state index contributed by atoms with van der Waals surface area (Å²) in [6.45, 7) is 0.582. The van der Waals surface area contributed by atoms with Crippen molar-refractivity contribution in [2.45, 2.75) is 18.9 Å². The van der Waals surface area contributed by atoms with E-state index in [1.165, 1.54) is 0 Å². The highest BCUT2D eigenvalue weighted by atomic mass is 16.5. The predicted molar refractivity (Wildman–Crippen MR) is 109 cm³/mol. The lowest BCUT2D eigenvalue weighted by Gasteiger charge is -2.23. The first-order chi connectivity index (χ1) is 13.2. The Morgan fingerprint density at radius 2 is 1.37 bits per heavy atom. The number of carbonyl (C=O) groups is 1. The predicted octanol–water partition coefficient (Wildman–Crippen LogP) is 4.88. The molecule has 0 aliphatic carbocycles. The topological polar surface area (TPSA) is 29.5 Å². The van der Waals surface area contributed by atoms with Crippen LogP contribution in [-0.2, 0) is 11.3 Å². The van der Waals surface area contributed by atoms with Crippen LogP contribution in [0.2, 0.25) is 0 Å². The highest BCUT2D eigenvalue weighted by Crippen LogP contribution is 2.28. The molecule has 3 heteroatoms. The van der Waals surface area contributed by atoms with Gasteiger partial charge in [-0.1, -0.05) is 72.8 Å². The summed E-state index contributed by atoms with van der Waals surface area (Å²) in [5.41, 5.74) is 3.41. The molecule has 0 N–H and O–H groups in total. The third-order valence-electron chi connectivity index (χ3n) is 4.79. The summed E-state index contributed by atoms with van der Waals surface area (Å²) in [5, 5.41) is 0. The highest BCUT2D eigenvalue weighted by molar-refractivity contribution is 5.77. The molecule has 0 unspecified atom stereocenters. The second kappa shape index (κ2) is 9.04. The minimum absolute atomic E-state index is 0.0539. The van der Waals surface area contributed by atoms with Crippen molar-refractivity contribution in [2.24, 2.45) is 0 Å². The normalized spacial score (nSPS) is 10.6. The molecular formula is C24H25NO2. The van der Waals surface area contributed by atoms with Crippen LogP contribution in [-0.4, -0.2) is 25.0 Å². The lowest BCUT2D eigenvalue weighted by Crippen LogP contribution is -2.27. The fraction of sp³-hybridized carbons (Fsp3) is 0.208. The quantitative estimate of drug-likeness (QED) is 0.602. The number of methoxy groups -OCH3 is 1. The van der Waals surface area contributed by atoms with Gasteiger partial charge in [-0.25, -0.2) is 0 Å². The van der Waals surface area contributed by atoms with Gasteiger partial charge in [0.25, 0.3) is 0 Å². The molecule has 0 atom stereocenters. The molecule has 0 radical (unpaired) electrons. The van der Waals surface area contributed by atoms with Crippen LogP contribution < -0.4 is 4.74 Å². The van der Waals surface area contributed by atoms with Crippen molar-refractivity contribution in [3.05, 3.63) is 102 Å². The van der Waals surface area contributed by atoms with Crippen molar-refractivity contribution < 1.29 is 9.53 Å². The second-order valence-corrected chi connectivity index (χ2v) is 6.68. The van der Waals surface area contributed by atoms with E-state index in [1.807, 2.05) is 67.7 Å². The second-order valence-electron chi connectivity index (χ2n) is 6.68. The third kappa shape index (κ3) is 4.98. The Kier molecular flexibility index (Phi) is 6.26. The van der Waals surface area contributed by atoms with Crippen LogP contribution in [0.15, 0.2) is 84.9 Å². The summed E-state index contributed by atoms with van der Waals surface area (Å²) < 4.78 is 5.19. The largest absolute Gasteiger partial charge is 0.497 e. The molecule has 0 fully saturated rings. The van der Waals surface area contributed by atoms with E-state index >= 15 is 0 Å². The number of hydrogen-bond acceptors (Lipinski definition) is 2. The van der Waals surface area contributed by atoms with Crippen molar-refractivity contribution >= 4 is 5.91 Å². The Morgan fingerprint density at radius 1 is 0.852 bits per heavy atom. The van der Waals surface area contributed by atoms with E-state index in [4.69, 9.17) is 4.74 Å². The summed E-state index contributed by atoms with van der Waals surface area (Å²) in [6, 6.07) is 28.3. The van der Waals surface area contributed by atoms with Crippen LogP contribution >= 0.6 is 0 Å². The van der Waals surface area contributed by atoms with Gasteiger partial charge in [-0.05, 0) is 28.8 Å². The van der Waals surface area contributed by atoms with Gasteiger partial charge >= 0.3 is 0 Å². The molecule has 27 heavy (non-hydrogen) atoms. The van der Waals surface area contributed by atoms with E-state index in [-0.39, 0.29) is 11.8 Å². The first-order valence-electron chi connectivity index (χ1n) is 9.14. The minimum atomic E-state index is 0.0539. The van der Waals surface area contributed by atoms with Gasteiger partial charge in [-0.3, -0.25) is 4.79 Å². The molecule has 0 saturated heterocycles. The Morgan fingerprint density at radius 3 is 1.85 bits per heavy atom. The Balaban J connectivity index is 1.73. The van der Waals surface area contributed by atoms with Crippen LogP contribution in [0, 0.1) is 0 Å². The first kappa shape index (κ1) is 18.7. The standard InChI is InChI=1S/C24H25NO2/c1-25(18-19-13-15-22(27-2)16-14-19)24(26)17-23(20-9-5-3-6-10-20)21-11-7-4-8-12-21/h3-16,23H,17-18H2,1-2H3. The average molecular weight is 359 g/mol. The highest BCUT2D eigenvalue weighted by Gasteiger charge is 2.20. The number of hydrogen-bond donors (Lipinski definition) is 0. The number of rotatable bonds is 7. The summed E-state index contributed by atoms with van der Waals surface area (Å²) in [4.78, 5) is 14.7. The molecule has 138 valence electrons. The summed E-state index contributed by atoms with van der Waals surface area (Å²) in [5.74, 6) is 1.00. The molecule has 3 aromatic rings. The molecule has 1 amide bonds. The Hall–Kier alpha value is -3.07. The molecule has 0 spiro atoms. The number of ether oxygens (including phenoxy) is 1. The van der Waals surface area contributed by atoms with E-state index < -0.39 is 0 Å². The van der Waals surface area contributed by atoms with Crippen LogP contribution in [0.1, 0.15) is 29.0 Å². The molecule has 0 aliphatic rings. The Labute approximate surface area is 161 Å². The van der Waals surface area contributed by atoms with E-state index in [0.29, 0.717) is 13.0 Å². The molecule has 3 nitrogen and oxygen atoms in total. The van der Waals surface area contributed by atoms with Crippen molar-refractivity contribution in [3.63, 3.8) is 0 Å². The lowest BCUT2D eigenvalue weighted by atomic mass is 9.88. The van der Waals surface area contributed by atoms with Gasteiger partial charge in [0.05, 0.1) is 7.11 Å². The Bertz CT molecular complexity index is 805. The maximum Gasteiger partial charge on any atom is 0.223 e. The molecule has 3 rings (SSSR count). The van der Waals surface area contributed by atoms with Crippen molar-refractivity contribution in [3.8, 4) is 5.75 Å². The van der Waals surface area contributed by atoms with Gasteiger partial charge in [0.2, 0.25) is 5.91 Å². The lowest BCUT2D eigenvalue weighted by molar-refractivity contribution is -0.130. The monoisotopic (exact) mass is 359 g/mol. The fourth-order valence-electron chi connectivity index (χ4n) is 3.22. The van der Waals surface area contributed by atoms with Crippen molar-refractivity contribution in [1.82, 2.24) is 4.90 Å². The fourth-order valence-corrected chi connectivity index (χ4v) is 3.22. The zero-order chi connectivity index (χ0) is 19.1. The van der Waals surface area contributed by atoms with Crippen LogP contribution in [0.3, 0.4) is 0 Å². The number of nitrogens with zero attached hydrogens (tertiary/aromatic N) is 1. The van der Waals surface area contributed by atoms with Gasteiger partial charge < -0.3 is 9.64 Å². The number of amides is 1.